The molecule has 1 amide bonds. The van der Waals surface area contributed by atoms with Crippen LogP contribution in [0.3, 0.4) is 0 Å². The highest BCUT2D eigenvalue weighted by molar-refractivity contribution is 5.75. The first kappa shape index (κ1) is 15.5. The van der Waals surface area contributed by atoms with Gasteiger partial charge in [-0.25, -0.2) is 0 Å². The molecule has 4 nitrogen and oxygen atoms in total. The minimum Gasteiger partial charge on any atom is -0.497 e. The van der Waals surface area contributed by atoms with Gasteiger partial charge < -0.3 is 15.8 Å². The second-order valence-corrected chi connectivity index (χ2v) is 4.82. The van der Waals surface area contributed by atoms with Crippen LogP contribution in [0.4, 0.5) is 0 Å². The molecular formula is C15H24N2O2. The van der Waals surface area contributed by atoms with Crippen LogP contribution in [0.1, 0.15) is 31.7 Å². The molecule has 1 unspecified atom stereocenters. The second kappa shape index (κ2) is 8.53. The van der Waals surface area contributed by atoms with Crippen molar-refractivity contribution in [1.29, 1.82) is 0 Å². The molecular weight excluding hydrogens is 240 g/mol. The van der Waals surface area contributed by atoms with Crippen molar-refractivity contribution in [3.05, 3.63) is 29.8 Å². The van der Waals surface area contributed by atoms with Crippen LogP contribution < -0.4 is 15.8 Å². The van der Waals surface area contributed by atoms with Crippen molar-refractivity contribution < 1.29 is 9.53 Å². The maximum absolute atomic E-state index is 11.5. The molecule has 0 heterocycles. The zero-order chi connectivity index (χ0) is 14.1. The standard InChI is InChI=1S/C15H24N2O2/c1-12(16)4-3-5-15(18)17-11-10-13-6-8-14(19-2)9-7-13/h6-9,12H,3-5,10-11,16H2,1-2H3,(H,17,18). The van der Waals surface area contributed by atoms with Crippen LogP contribution in [-0.2, 0) is 11.2 Å². The molecule has 19 heavy (non-hydrogen) atoms. The lowest BCUT2D eigenvalue weighted by Crippen LogP contribution is -2.26. The van der Waals surface area contributed by atoms with E-state index in [4.69, 9.17) is 10.5 Å². The van der Waals surface area contributed by atoms with E-state index in [1.165, 1.54) is 5.56 Å². The van der Waals surface area contributed by atoms with Gasteiger partial charge in [0.15, 0.2) is 0 Å². The fourth-order valence-electron chi connectivity index (χ4n) is 1.81. The number of methoxy groups -OCH3 is 1. The molecule has 0 radical (unpaired) electrons. The molecule has 0 saturated carbocycles. The maximum Gasteiger partial charge on any atom is 0.220 e. The number of nitrogens with one attached hydrogen (secondary N) is 1. The van der Waals surface area contributed by atoms with Gasteiger partial charge in [-0.05, 0) is 43.9 Å². The maximum atomic E-state index is 11.5. The smallest absolute Gasteiger partial charge is 0.220 e. The average Bonchev–Trinajstić information content (AvgIpc) is 2.39. The number of hydrogen-bond acceptors (Lipinski definition) is 3. The molecule has 1 aromatic rings. The van der Waals surface area contributed by atoms with Gasteiger partial charge in [-0.3, -0.25) is 4.79 Å². The molecule has 106 valence electrons. The second-order valence-electron chi connectivity index (χ2n) is 4.82. The Morgan fingerprint density at radius 3 is 2.63 bits per heavy atom. The SMILES string of the molecule is COc1ccc(CCNC(=O)CCCC(C)N)cc1. The van der Waals surface area contributed by atoms with Crippen LogP contribution in [-0.4, -0.2) is 25.6 Å². The number of amides is 1. The number of benzene rings is 1. The molecule has 0 spiro atoms. The van der Waals surface area contributed by atoms with Gasteiger partial charge in [0.1, 0.15) is 5.75 Å². The molecule has 3 N–H and O–H groups in total. The zero-order valence-electron chi connectivity index (χ0n) is 11.8. The average molecular weight is 264 g/mol. The predicted molar refractivity (Wildman–Crippen MR) is 77.2 cm³/mol. The van der Waals surface area contributed by atoms with Crippen molar-refractivity contribution in [3.63, 3.8) is 0 Å². The summed E-state index contributed by atoms with van der Waals surface area (Å²) < 4.78 is 5.10. The zero-order valence-corrected chi connectivity index (χ0v) is 11.8. The van der Waals surface area contributed by atoms with Crippen LogP contribution in [0.25, 0.3) is 0 Å². The van der Waals surface area contributed by atoms with Gasteiger partial charge in [0.25, 0.3) is 0 Å². The van der Waals surface area contributed by atoms with E-state index in [0.29, 0.717) is 13.0 Å². The third-order valence-electron chi connectivity index (χ3n) is 2.96. The largest absolute Gasteiger partial charge is 0.497 e. The number of carbonyl (C=O) groups excluding carboxylic acids is 1. The molecule has 0 bridgehead atoms. The predicted octanol–water partition coefficient (Wildman–Crippen LogP) is 1.87. The normalized spacial score (nSPS) is 11.9. The Hall–Kier alpha value is -1.55. The molecule has 1 atom stereocenters. The molecule has 4 heteroatoms. The molecule has 0 aliphatic carbocycles. The fraction of sp³-hybridized carbons (Fsp3) is 0.533. The van der Waals surface area contributed by atoms with Crippen LogP contribution in [0.15, 0.2) is 24.3 Å². The van der Waals surface area contributed by atoms with E-state index < -0.39 is 0 Å². The summed E-state index contributed by atoms with van der Waals surface area (Å²) >= 11 is 0. The Labute approximate surface area is 115 Å². The topological polar surface area (TPSA) is 64.3 Å². The van der Waals surface area contributed by atoms with Gasteiger partial charge in [-0.2, -0.15) is 0 Å². The number of hydrogen-bond donors (Lipinski definition) is 2. The molecule has 0 saturated heterocycles. The molecule has 0 aliphatic heterocycles. The third kappa shape index (κ3) is 6.82. The Balaban J connectivity index is 2.16. The number of ether oxygens (including phenoxy) is 1. The number of rotatable bonds is 8. The lowest BCUT2D eigenvalue weighted by atomic mass is 10.1. The van der Waals surface area contributed by atoms with Crippen molar-refractivity contribution in [3.8, 4) is 5.75 Å². The fourth-order valence-corrected chi connectivity index (χ4v) is 1.81. The first-order valence-electron chi connectivity index (χ1n) is 6.77. The Morgan fingerprint density at radius 1 is 1.37 bits per heavy atom. The van der Waals surface area contributed by atoms with Gasteiger partial charge in [0.05, 0.1) is 7.11 Å². The van der Waals surface area contributed by atoms with Gasteiger partial charge in [0.2, 0.25) is 5.91 Å². The third-order valence-corrected chi connectivity index (χ3v) is 2.96. The Kier molecular flexibility index (Phi) is 6.97. The first-order valence-corrected chi connectivity index (χ1v) is 6.77. The Bertz CT molecular complexity index is 374. The minimum absolute atomic E-state index is 0.106. The van der Waals surface area contributed by atoms with Crippen LogP contribution in [0.5, 0.6) is 5.75 Å². The molecule has 0 aliphatic rings. The number of carbonyl (C=O) groups is 1. The van der Waals surface area contributed by atoms with E-state index in [2.05, 4.69) is 5.32 Å². The van der Waals surface area contributed by atoms with Crippen LogP contribution in [0, 0.1) is 0 Å². The summed E-state index contributed by atoms with van der Waals surface area (Å²) in [6, 6.07) is 8.06. The minimum atomic E-state index is 0.106. The number of nitrogens with two attached hydrogens (primary N) is 1. The monoisotopic (exact) mass is 264 g/mol. The molecule has 1 rings (SSSR count). The lowest BCUT2D eigenvalue weighted by molar-refractivity contribution is -0.121. The van der Waals surface area contributed by atoms with E-state index in [0.717, 1.165) is 25.0 Å². The van der Waals surface area contributed by atoms with Gasteiger partial charge >= 0.3 is 0 Å². The van der Waals surface area contributed by atoms with E-state index in [1.807, 2.05) is 31.2 Å². The first-order chi connectivity index (χ1) is 9.11. The summed E-state index contributed by atoms with van der Waals surface area (Å²) in [6.45, 7) is 2.63. The Morgan fingerprint density at radius 2 is 2.05 bits per heavy atom. The van der Waals surface area contributed by atoms with Crippen molar-refractivity contribution >= 4 is 5.91 Å². The molecule has 0 aromatic heterocycles. The summed E-state index contributed by atoms with van der Waals surface area (Å²) in [4.78, 5) is 11.5. The van der Waals surface area contributed by atoms with Gasteiger partial charge in [0, 0.05) is 19.0 Å². The quantitative estimate of drug-likeness (QED) is 0.753. The summed E-state index contributed by atoms with van der Waals surface area (Å²) in [5.41, 5.74) is 6.83. The summed E-state index contributed by atoms with van der Waals surface area (Å²) in [6.07, 6.45) is 3.14. The van der Waals surface area contributed by atoms with Gasteiger partial charge in [-0.15, -0.1) is 0 Å². The van der Waals surface area contributed by atoms with Gasteiger partial charge in [-0.1, -0.05) is 12.1 Å². The van der Waals surface area contributed by atoms with Crippen LogP contribution >= 0.6 is 0 Å². The highest BCUT2D eigenvalue weighted by Gasteiger charge is 2.02. The van der Waals surface area contributed by atoms with Crippen molar-refractivity contribution in [1.82, 2.24) is 5.32 Å². The lowest BCUT2D eigenvalue weighted by Gasteiger charge is -2.07. The molecule has 1 aromatic carbocycles. The van der Waals surface area contributed by atoms with E-state index in [-0.39, 0.29) is 11.9 Å². The summed E-state index contributed by atoms with van der Waals surface area (Å²) in [5.74, 6) is 0.956. The van der Waals surface area contributed by atoms with E-state index >= 15 is 0 Å². The van der Waals surface area contributed by atoms with Crippen molar-refractivity contribution in [2.75, 3.05) is 13.7 Å². The molecule has 0 fully saturated rings. The van der Waals surface area contributed by atoms with Crippen LogP contribution in [0.2, 0.25) is 0 Å². The van der Waals surface area contributed by atoms with E-state index in [9.17, 15) is 4.79 Å². The van der Waals surface area contributed by atoms with Crippen molar-refractivity contribution in [2.24, 2.45) is 5.73 Å². The summed E-state index contributed by atoms with van der Waals surface area (Å²) in [5, 5.41) is 2.92. The summed E-state index contributed by atoms with van der Waals surface area (Å²) in [7, 11) is 1.65. The van der Waals surface area contributed by atoms with E-state index in [1.54, 1.807) is 7.11 Å². The highest BCUT2D eigenvalue weighted by atomic mass is 16.5. The van der Waals surface area contributed by atoms with Crippen molar-refractivity contribution in [2.45, 2.75) is 38.6 Å². The highest BCUT2D eigenvalue weighted by Crippen LogP contribution is 2.11.